The van der Waals surface area contributed by atoms with Gasteiger partial charge in [0.2, 0.25) is 5.91 Å². The third kappa shape index (κ3) is 2.44. The molecule has 0 bridgehead atoms. The van der Waals surface area contributed by atoms with E-state index in [0.717, 1.165) is 11.1 Å². The van der Waals surface area contributed by atoms with E-state index >= 15 is 0 Å². The van der Waals surface area contributed by atoms with Gasteiger partial charge in [-0.1, -0.05) is 6.07 Å². The highest BCUT2D eigenvalue weighted by Crippen LogP contribution is 2.09. The first-order valence-corrected chi connectivity index (χ1v) is 5.83. The van der Waals surface area contributed by atoms with Gasteiger partial charge in [0.1, 0.15) is 19.2 Å². The summed E-state index contributed by atoms with van der Waals surface area (Å²) in [5.74, 6) is -0.0821. The first-order chi connectivity index (χ1) is 9.33. The minimum atomic E-state index is -0.0821. The second kappa shape index (κ2) is 4.89. The molecule has 96 valence electrons. The summed E-state index contributed by atoms with van der Waals surface area (Å²) >= 11 is 0. The van der Waals surface area contributed by atoms with Crippen LogP contribution in [0.3, 0.4) is 0 Å². The van der Waals surface area contributed by atoms with Gasteiger partial charge in [0.05, 0.1) is 5.52 Å². The molecule has 0 aromatic carbocycles. The van der Waals surface area contributed by atoms with Crippen LogP contribution in [0.2, 0.25) is 0 Å². The van der Waals surface area contributed by atoms with E-state index in [1.54, 1.807) is 15.3 Å². The zero-order chi connectivity index (χ0) is 13.1. The summed E-state index contributed by atoms with van der Waals surface area (Å²) in [5, 5.41) is 14.3. The minimum absolute atomic E-state index is 0.0821. The van der Waals surface area contributed by atoms with E-state index in [9.17, 15) is 4.79 Å². The van der Waals surface area contributed by atoms with Crippen molar-refractivity contribution in [3.05, 3.63) is 48.8 Å². The van der Waals surface area contributed by atoms with E-state index < -0.39 is 0 Å². The number of pyridine rings is 1. The maximum Gasteiger partial charge on any atom is 0.240 e. The van der Waals surface area contributed by atoms with Crippen LogP contribution < -0.4 is 5.32 Å². The van der Waals surface area contributed by atoms with Gasteiger partial charge in [0, 0.05) is 18.9 Å². The Balaban J connectivity index is 1.66. The van der Waals surface area contributed by atoms with Gasteiger partial charge in [-0.05, 0) is 17.7 Å². The van der Waals surface area contributed by atoms with Crippen molar-refractivity contribution in [2.45, 2.75) is 13.1 Å². The van der Waals surface area contributed by atoms with Gasteiger partial charge in [-0.3, -0.25) is 4.79 Å². The molecule has 0 spiro atoms. The lowest BCUT2D eigenvalue weighted by molar-refractivity contribution is -0.121. The number of carbonyl (C=O) groups excluding carboxylic acids is 1. The number of hydrogen-bond donors (Lipinski definition) is 1. The van der Waals surface area contributed by atoms with Crippen molar-refractivity contribution < 1.29 is 4.79 Å². The molecule has 0 saturated carbocycles. The Bertz CT molecular complexity index is 687. The van der Waals surface area contributed by atoms with Crippen molar-refractivity contribution in [2.24, 2.45) is 0 Å². The van der Waals surface area contributed by atoms with Crippen LogP contribution in [0.1, 0.15) is 5.56 Å². The highest BCUT2D eigenvalue weighted by molar-refractivity contribution is 5.76. The minimum Gasteiger partial charge on any atom is -0.350 e. The molecule has 0 aliphatic heterocycles. The topological polar surface area (TPSA) is 77.1 Å². The molecular weight excluding hydrogens is 244 g/mol. The molecule has 0 aliphatic carbocycles. The van der Waals surface area contributed by atoms with Crippen LogP contribution in [0.15, 0.2) is 43.2 Å². The Morgan fingerprint density at radius 2 is 2.11 bits per heavy atom. The second-order valence-corrected chi connectivity index (χ2v) is 4.11. The van der Waals surface area contributed by atoms with Crippen molar-refractivity contribution in [1.82, 2.24) is 29.7 Å². The first kappa shape index (κ1) is 11.4. The van der Waals surface area contributed by atoms with E-state index in [4.69, 9.17) is 0 Å². The standard InChI is InChI=1S/C12H12N6O/c19-12(7-17-8-14-15-9-17)13-6-10-2-1-5-18-11(10)3-4-16-18/h1-5,8-9H,6-7H2,(H,13,19). The smallest absolute Gasteiger partial charge is 0.240 e. The number of rotatable bonds is 4. The number of hydrogen-bond acceptors (Lipinski definition) is 4. The number of carbonyl (C=O) groups is 1. The van der Waals surface area contributed by atoms with Gasteiger partial charge in [0.15, 0.2) is 0 Å². The molecule has 0 aliphatic rings. The van der Waals surface area contributed by atoms with Crippen LogP contribution in [0.5, 0.6) is 0 Å². The molecule has 0 saturated heterocycles. The van der Waals surface area contributed by atoms with Crippen LogP contribution in [0.25, 0.3) is 5.52 Å². The molecule has 3 rings (SSSR count). The number of nitrogens with one attached hydrogen (secondary N) is 1. The first-order valence-electron chi connectivity index (χ1n) is 5.83. The quantitative estimate of drug-likeness (QED) is 0.725. The maximum atomic E-state index is 11.7. The van der Waals surface area contributed by atoms with Crippen molar-refractivity contribution in [3.8, 4) is 0 Å². The summed E-state index contributed by atoms with van der Waals surface area (Å²) in [6.45, 7) is 0.687. The highest BCUT2D eigenvalue weighted by atomic mass is 16.1. The zero-order valence-electron chi connectivity index (χ0n) is 10.1. The fourth-order valence-corrected chi connectivity index (χ4v) is 1.88. The van der Waals surface area contributed by atoms with Crippen molar-refractivity contribution in [1.29, 1.82) is 0 Å². The molecular formula is C12H12N6O. The van der Waals surface area contributed by atoms with Crippen LogP contribution in [0.4, 0.5) is 0 Å². The molecule has 1 amide bonds. The largest absolute Gasteiger partial charge is 0.350 e. The van der Waals surface area contributed by atoms with Crippen molar-refractivity contribution in [3.63, 3.8) is 0 Å². The van der Waals surface area contributed by atoms with Crippen LogP contribution in [0, 0.1) is 0 Å². The van der Waals surface area contributed by atoms with Crippen molar-refractivity contribution >= 4 is 11.4 Å². The highest BCUT2D eigenvalue weighted by Gasteiger charge is 2.05. The van der Waals surface area contributed by atoms with Gasteiger partial charge < -0.3 is 9.88 Å². The van der Waals surface area contributed by atoms with Crippen LogP contribution in [-0.2, 0) is 17.9 Å². The molecule has 0 unspecified atom stereocenters. The third-order valence-electron chi connectivity index (χ3n) is 2.79. The molecule has 0 atom stereocenters. The van der Waals surface area contributed by atoms with Gasteiger partial charge >= 0.3 is 0 Å². The molecule has 19 heavy (non-hydrogen) atoms. The maximum absolute atomic E-state index is 11.7. The van der Waals surface area contributed by atoms with Gasteiger partial charge in [0.25, 0.3) is 0 Å². The average molecular weight is 256 g/mol. The number of amides is 1. The molecule has 7 heteroatoms. The normalized spacial score (nSPS) is 10.7. The second-order valence-electron chi connectivity index (χ2n) is 4.11. The molecule has 1 N–H and O–H groups in total. The molecule has 0 radical (unpaired) electrons. The monoisotopic (exact) mass is 256 g/mol. The summed E-state index contributed by atoms with van der Waals surface area (Å²) in [4.78, 5) is 11.7. The third-order valence-corrected chi connectivity index (χ3v) is 2.79. The molecule has 3 heterocycles. The van der Waals surface area contributed by atoms with E-state index in [0.29, 0.717) is 6.54 Å². The Morgan fingerprint density at radius 3 is 2.95 bits per heavy atom. The molecule has 3 aromatic heterocycles. The van der Waals surface area contributed by atoms with Gasteiger partial charge in [-0.25, -0.2) is 4.52 Å². The fraction of sp³-hybridized carbons (Fsp3) is 0.167. The molecule has 0 fully saturated rings. The summed E-state index contributed by atoms with van der Waals surface area (Å²) in [6, 6.07) is 5.79. The summed E-state index contributed by atoms with van der Waals surface area (Å²) in [7, 11) is 0. The summed E-state index contributed by atoms with van der Waals surface area (Å²) in [6.07, 6.45) is 6.63. The Kier molecular flexibility index (Phi) is 2.93. The van der Waals surface area contributed by atoms with Crippen LogP contribution >= 0.6 is 0 Å². The molecule has 3 aromatic rings. The van der Waals surface area contributed by atoms with Crippen LogP contribution in [-0.4, -0.2) is 30.3 Å². The van der Waals surface area contributed by atoms with E-state index in [1.807, 2.05) is 24.4 Å². The van der Waals surface area contributed by atoms with Gasteiger partial charge in [-0.2, -0.15) is 5.10 Å². The number of nitrogens with zero attached hydrogens (tertiary/aromatic N) is 5. The predicted octanol–water partition coefficient (Wildman–Crippen LogP) is 0.242. The fourth-order valence-electron chi connectivity index (χ4n) is 1.88. The van der Waals surface area contributed by atoms with Crippen molar-refractivity contribution in [2.75, 3.05) is 0 Å². The Hall–Kier alpha value is -2.70. The predicted molar refractivity (Wildman–Crippen MR) is 67.1 cm³/mol. The number of fused-ring (bicyclic) bond motifs is 1. The van der Waals surface area contributed by atoms with E-state index in [2.05, 4.69) is 20.6 Å². The summed E-state index contributed by atoms with van der Waals surface area (Å²) < 4.78 is 3.40. The number of aromatic nitrogens is 5. The lowest BCUT2D eigenvalue weighted by atomic mass is 10.2. The van der Waals surface area contributed by atoms with Gasteiger partial charge in [-0.15, -0.1) is 10.2 Å². The Labute approximate surface area is 108 Å². The SMILES string of the molecule is O=C(Cn1cnnc1)NCc1cccn2nccc12. The van der Waals surface area contributed by atoms with E-state index in [-0.39, 0.29) is 12.5 Å². The average Bonchev–Trinajstić information content (AvgIpc) is 3.06. The molecule has 7 nitrogen and oxygen atoms in total. The Morgan fingerprint density at radius 1 is 1.26 bits per heavy atom. The zero-order valence-corrected chi connectivity index (χ0v) is 10.1. The van der Waals surface area contributed by atoms with E-state index in [1.165, 1.54) is 12.7 Å². The lowest BCUT2D eigenvalue weighted by Gasteiger charge is -2.07. The summed E-state index contributed by atoms with van der Waals surface area (Å²) in [5.41, 5.74) is 2.02. The lowest BCUT2D eigenvalue weighted by Crippen LogP contribution is -2.26.